The minimum absolute atomic E-state index is 0.0359. The first kappa shape index (κ1) is 19.0. The molecule has 0 spiro atoms. The van der Waals surface area contributed by atoms with E-state index in [1.165, 1.54) is 30.4 Å². The van der Waals surface area contributed by atoms with Crippen LogP contribution in [0.15, 0.2) is 48.5 Å². The number of benzene rings is 2. The number of hydrogen-bond donors (Lipinski definition) is 1. The average molecular weight is 339 g/mol. The molecule has 2 rings (SSSR count). The summed E-state index contributed by atoms with van der Waals surface area (Å²) in [5.74, 6) is 0.892. The standard InChI is InChI=1S/C22H29NO2/c1-3-4-5-6-17-25-21-14-12-20(13-15-21)23-22(24)16-11-19-9-7-18(2)8-10-19/h7-10,12-15H,3-6,11,16-17H2,1-2H3,(H,23,24). The van der Waals surface area contributed by atoms with Crippen LogP contribution >= 0.6 is 0 Å². The van der Waals surface area contributed by atoms with Crippen molar-refractivity contribution in [3.05, 3.63) is 59.7 Å². The molecule has 0 fully saturated rings. The number of unbranched alkanes of at least 4 members (excludes halogenated alkanes) is 3. The molecule has 3 heteroatoms. The summed E-state index contributed by atoms with van der Waals surface area (Å²) in [4.78, 5) is 12.1. The van der Waals surface area contributed by atoms with Crippen LogP contribution in [-0.2, 0) is 11.2 Å². The van der Waals surface area contributed by atoms with E-state index in [9.17, 15) is 4.79 Å². The predicted molar refractivity (Wildman–Crippen MR) is 104 cm³/mol. The zero-order valence-electron chi connectivity index (χ0n) is 15.4. The maximum atomic E-state index is 12.1. The van der Waals surface area contributed by atoms with E-state index in [0.717, 1.165) is 30.9 Å². The first-order valence-corrected chi connectivity index (χ1v) is 9.25. The molecule has 25 heavy (non-hydrogen) atoms. The molecule has 0 atom stereocenters. The largest absolute Gasteiger partial charge is 0.494 e. The summed E-state index contributed by atoms with van der Waals surface area (Å²) >= 11 is 0. The maximum Gasteiger partial charge on any atom is 0.224 e. The van der Waals surface area contributed by atoms with Crippen molar-refractivity contribution < 1.29 is 9.53 Å². The van der Waals surface area contributed by atoms with Gasteiger partial charge < -0.3 is 10.1 Å². The first-order chi connectivity index (χ1) is 12.2. The lowest BCUT2D eigenvalue weighted by atomic mass is 10.1. The number of rotatable bonds is 10. The number of amides is 1. The average Bonchev–Trinajstić information content (AvgIpc) is 2.62. The van der Waals surface area contributed by atoms with Gasteiger partial charge in [-0.25, -0.2) is 0 Å². The fourth-order valence-corrected chi connectivity index (χ4v) is 2.59. The van der Waals surface area contributed by atoms with Gasteiger partial charge in [0.15, 0.2) is 0 Å². The van der Waals surface area contributed by atoms with Crippen LogP contribution in [0.2, 0.25) is 0 Å². The summed E-state index contributed by atoms with van der Waals surface area (Å²) in [6.07, 6.45) is 6.04. The van der Waals surface area contributed by atoms with Crippen LogP contribution in [0, 0.1) is 6.92 Å². The first-order valence-electron chi connectivity index (χ1n) is 9.25. The van der Waals surface area contributed by atoms with Crippen molar-refractivity contribution in [2.75, 3.05) is 11.9 Å². The Hall–Kier alpha value is -2.29. The summed E-state index contributed by atoms with van der Waals surface area (Å²) in [7, 11) is 0. The Labute approximate surface area is 151 Å². The second-order valence-corrected chi connectivity index (χ2v) is 6.47. The monoisotopic (exact) mass is 339 g/mol. The van der Waals surface area contributed by atoms with Crippen LogP contribution in [0.4, 0.5) is 5.69 Å². The molecule has 0 bridgehead atoms. The number of carbonyl (C=O) groups is 1. The van der Waals surface area contributed by atoms with E-state index in [0.29, 0.717) is 6.42 Å². The minimum atomic E-state index is 0.0359. The number of nitrogens with one attached hydrogen (secondary N) is 1. The van der Waals surface area contributed by atoms with Crippen molar-refractivity contribution in [2.45, 2.75) is 52.4 Å². The van der Waals surface area contributed by atoms with Gasteiger partial charge in [0.25, 0.3) is 0 Å². The Morgan fingerprint density at radius 2 is 1.68 bits per heavy atom. The van der Waals surface area contributed by atoms with Gasteiger partial charge >= 0.3 is 0 Å². The topological polar surface area (TPSA) is 38.3 Å². The quantitative estimate of drug-likeness (QED) is 0.578. The van der Waals surface area contributed by atoms with Gasteiger partial charge in [-0.3, -0.25) is 4.79 Å². The molecule has 0 radical (unpaired) electrons. The molecule has 0 saturated heterocycles. The summed E-state index contributed by atoms with van der Waals surface area (Å²) in [6.45, 7) is 5.02. The van der Waals surface area contributed by atoms with Gasteiger partial charge in [-0.05, 0) is 49.6 Å². The van der Waals surface area contributed by atoms with E-state index in [-0.39, 0.29) is 5.91 Å². The highest BCUT2D eigenvalue weighted by Gasteiger charge is 2.04. The lowest BCUT2D eigenvalue weighted by Gasteiger charge is -2.08. The van der Waals surface area contributed by atoms with Gasteiger partial charge in [0.1, 0.15) is 5.75 Å². The van der Waals surface area contributed by atoms with Gasteiger partial charge in [0.2, 0.25) is 5.91 Å². The zero-order chi connectivity index (χ0) is 17.9. The molecule has 0 aliphatic heterocycles. The lowest BCUT2D eigenvalue weighted by molar-refractivity contribution is -0.116. The van der Waals surface area contributed by atoms with Crippen molar-refractivity contribution in [3.63, 3.8) is 0 Å². The Kier molecular flexibility index (Phi) is 8.03. The highest BCUT2D eigenvalue weighted by atomic mass is 16.5. The predicted octanol–water partition coefficient (Wildman–Crippen LogP) is 5.53. The van der Waals surface area contributed by atoms with Gasteiger partial charge in [-0.2, -0.15) is 0 Å². The van der Waals surface area contributed by atoms with Crippen LogP contribution in [0.25, 0.3) is 0 Å². The third-order valence-corrected chi connectivity index (χ3v) is 4.17. The molecule has 0 unspecified atom stereocenters. The fourth-order valence-electron chi connectivity index (χ4n) is 2.59. The van der Waals surface area contributed by atoms with Crippen LogP contribution < -0.4 is 10.1 Å². The van der Waals surface area contributed by atoms with E-state index in [1.807, 2.05) is 24.3 Å². The van der Waals surface area contributed by atoms with Gasteiger partial charge in [0.05, 0.1) is 6.61 Å². The van der Waals surface area contributed by atoms with Crippen molar-refractivity contribution in [2.24, 2.45) is 0 Å². The molecule has 0 aliphatic rings. The number of carbonyl (C=O) groups excluding carboxylic acids is 1. The molecule has 2 aromatic rings. The van der Waals surface area contributed by atoms with Crippen LogP contribution in [0.1, 0.15) is 50.2 Å². The Balaban J connectivity index is 1.70. The number of hydrogen-bond acceptors (Lipinski definition) is 2. The third kappa shape index (κ3) is 7.42. The van der Waals surface area contributed by atoms with Crippen LogP contribution in [-0.4, -0.2) is 12.5 Å². The maximum absolute atomic E-state index is 12.1. The highest BCUT2D eigenvalue weighted by Crippen LogP contribution is 2.17. The van der Waals surface area contributed by atoms with Gasteiger partial charge in [-0.15, -0.1) is 0 Å². The Morgan fingerprint density at radius 3 is 2.36 bits per heavy atom. The normalized spacial score (nSPS) is 10.5. The molecular weight excluding hydrogens is 310 g/mol. The van der Waals surface area contributed by atoms with E-state index in [2.05, 4.69) is 43.4 Å². The second-order valence-electron chi connectivity index (χ2n) is 6.47. The summed E-state index contributed by atoms with van der Waals surface area (Å²) in [5.41, 5.74) is 3.24. The molecule has 0 heterocycles. The number of ether oxygens (including phenoxy) is 1. The summed E-state index contributed by atoms with van der Waals surface area (Å²) < 4.78 is 5.71. The Morgan fingerprint density at radius 1 is 0.960 bits per heavy atom. The van der Waals surface area contributed by atoms with Crippen molar-refractivity contribution in [3.8, 4) is 5.75 Å². The molecule has 0 aliphatic carbocycles. The Bertz CT molecular complexity index is 632. The number of aryl methyl sites for hydroxylation is 2. The number of anilines is 1. The molecule has 3 nitrogen and oxygen atoms in total. The summed E-state index contributed by atoms with van der Waals surface area (Å²) in [6, 6.07) is 15.9. The molecule has 0 aromatic heterocycles. The van der Waals surface area contributed by atoms with E-state index < -0.39 is 0 Å². The SMILES string of the molecule is CCCCCCOc1ccc(NC(=O)CCc2ccc(C)cc2)cc1. The molecular formula is C22H29NO2. The zero-order valence-corrected chi connectivity index (χ0v) is 15.4. The van der Waals surface area contributed by atoms with E-state index in [4.69, 9.17) is 4.74 Å². The highest BCUT2D eigenvalue weighted by molar-refractivity contribution is 5.90. The molecule has 1 amide bonds. The van der Waals surface area contributed by atoms with Crippen LogP contribution in [0.5, 0.6) is 5.75 Å². The smallest absolute Gasteiger partial charge is 0.224 e. The van der Waals surface area contributed by atoms with Crippen molar-refractivity contribution >= 4 is 11.6 Å². The third-order valence-electron chi connectivity index (χ3n) is 4.17. The van der Waals surface area contributed by atoms with Crippen molar-refractivity contribution in [1.82, 2.24) is 0 Å². The van der Waals surface area contributed by atoms with E-state index in [1.54, 1.807) is 0 Å². The molecule has 0 saturated carbocycles. The van der Waals surface area contributed by atoms with Crippen LogP contribution in [0.3, 0.4) is 0 Å². The van der Waals surface area contributed by atoms with Gasteiger partial charge in [-0.1, -0.05) is 56.0 Å². The molecule has 134 valence electrons. The van der Waals surface area contributed by atoms with Gasteiger partial charge in [0, 0.05) is 12.1 Å². The molecule has 2 aromatic carbocycles. The van der Waals surface area contributed by atoms with Crippen molar-refractivity contribution in [1.29, 1.82) is 0 Å². The fraction of sp³-hybridized carbons (Fsp3) is 0.409. The van der Waals surface area contributed by atoms with E-state index >= 15 is 0 Å². The molecule has 1 N–H and O–H groups in total. The summed E-state index contributed by atoms with van der Waals surface area (Å²) in [5, 5.41) is 2.94. The second kappa shape index (κ2) is 10.5. The lowest BCUT2D eigenvalue weighted by Crippen LogP contribution is -2.12. The minimum Gasteiger partial charge on any atom is -0.494 e.